The third-order valence-electron chi connectivity index (χ3n) is 14.8. The lowest BCUT2D eigenvalue weighted by Gasteiger charge is -2.49. The third kappa shape index (κ3) is 11.3. The van der Waals surface area contributed by atoms with Gasteiger partial charge in [0.2, 0.25) is 5.60 Å². The highest BCUT2D eigenvalue weighted by Gasteiger charge is 2.55. The summed E-state index contributed by atoms with van der Waals surface area (Å²) in [7, 11) is 0. The molecule has 0 radical (unpaired) electrons. The molecule has 11 rings (SSSR count). The van der Waals surface area contributed by atoms with Crippen LogP contribution in [0.1, 0.15) is 70.2 Å². The summed E-state index contributed by atoms with van der Waals surface area (Å²) in [6.07, 6.45) is 0.786. The second-order valence-corrected chi connectivity index (χ2v) is 21.8. The van der Waals surface area contributed by atoms with Crippen LogP contribution in [-0.4, -0.2) is 63.1 Å². The fourth-order valence-corrected chi connectivity index (χ4v) is 12.6. The van der Waals surface area contributed by atoms with Crippen molar-refractivity contribution in [3.05, 3.63) is 321 Å². The van der Waals surface area contributed by atoms with Crippen LogP contribution in [0.3, 0.4) is 0 Å². The van der Waals surface area contributed by atoms with Crippen molar-refractivity contribution in [2.24, 2.45) is 5.16 Å². The van der Waals surface area contributed by atoms with Crippen molar-refractivity contribution in [2.75, 3.05) is 17.7 Å². The van der Waals surface area contributed by atoms with E-state index in [4.69, 9.17) is 24.5 Å². The van der Waals surface area contributed by atoms with Crippen molar-refractivity contribution >= 4 is 57.7 Å². The summed E-state index contributed by atoms with van der Waals surface area (Å²) in [5.74, 6) is -2.54. The summed E-state index contributed by atoms with van der Waals surface area (Å²) in [6, 6.07) is 76.8. The van der Waals surface area contributed by atoms with Gasteiger partial charge in [-0.2, -0.15) is 0 Å². The largest absolute Gasteiger partial charge is 0.458 e. The standard InChI is InChI=1S/C69H57N5O7S2/c1-3-47(2)65(77)79-44-50-45-82-64-59(63(76)74(64)60(50)66(78)80-61(48-28-12-4-13-29-48)49-30-14-5-15-31-49)71-62(75)58(73-81-69(54-38-22-9-23-39-54,55-40-24-10-25-41-55)56-42-26-11-27-43-56)57-46-83-67(70-57)72-68(51-32-16-6-17-33-51,52-34-18-7-19-35-52)53-36-20-8-21-37-53/h3-43,46,59,61,64H,44-45H2,1-2H3,(H,70,72)(H,71,75)/b47-3-,73-58-/t59-,64-/m1/s1. The third-order valence-corrected chi connectivity index (χ3v) is 16.9. The number of oxime groups is 1. The number of anilines is 1. The summed E-state index contributed by atoms with van der Waals surface area (Å²) < 4.78 is 12.1. The number of aromatic nitrogens is 1. The van der Waals surface area contributed by atoms with Crippen molar-refractivity contribution in [1.29, 1.82) is 0 Å². The molecule has 1 saturated heterocycles. The molecule has 0 saturated carbocycles. The zero-order chi connectivity index (χ0) is 57.2. The first kappa shape index (κ1) is 55.3. The molecule has 2 aliphatic rings. The Labute approximate surface area is 490 Å². The summed E-state index contributed by atoms with van der Waals surface area (Å²) in [5.41, 5.74) is 4.75. The van der Waals surface area contributed by atoms with E-state index in [0.717, 1.165) is 33.4 Å². The molecular formula is C69H57N5O7S2. The molecule has 12 nitrogen and oxygen atoms in total. The maximum absolute atomic E-state index is 15.5. The van der Waals surface area contributed by atoms with Crippen LogP contribution in [-0.2, 0) is 44.6 Å². The Morgan fingerprint density at radius 1 is 0.651 bits per heavy atom. The number of carbonyl (C=O) groups excluding carboxylic acids is 4. The van der Waals surface area contributed by atoms with Crippen LogP contribution in [0.5, 0.6) is 0 Å². The van der Waals surface area contributed by atoms with Gasteiger partial charge in [-0.15, -0.1) is 23.1 Å². The number of rotatable bonds is 20. The van der Waals surface area contributed by atoms with E-state index in [1.807, 2.05) is 206 Å². The van der Waals surface area contributed by atoms with Crippen LogP contribution < -0.4 is 10.6 Å². The molecule has 0 spiro atoms. The highest BCUT2D eigenvalue weighted by Crippen LogP contribution is 2.45. The highest BCUT2D eigenvalue weighted by molar-refractivity contribution is 8.00. The number of β-lactam (4-membered cyclic amide) rings is 1. The second-order valence-electron chi connectivity index (χ2n) is 19.8. The Morgan fingerprint density at radius 2 is 1.08 bits per heavy atom. The predicted molar refractivity (Wildman–Crippen MR) is 325 cm³/mol. The number of thiazole rings is 1. The lowest BCUT2D eigenvalue weighted by molar-refractivity contribution is -0.154. The Balaban J connectivity index is 0.989. The van der Waals surface area contributed by atoms with Gasteiger partial charge in [0.1, 0.15) is 35.0 Å². The molecule has 2 N–H and O–H groups in total. The SMILES string of the molecule is C/C=C(/C)C(=O)OCC1=C(C(=O)OC(c2ccccc2)c2ccccc2)N2C(=O)[C@@H](NC(=O)/C(=N\OC(c3ccccc3)(c3ccccc3)c3ccccc3)c3csc(NC(c4ccccc4)(c4ccccc4)c4ccccc4)n3)[C@H]2SC1. The van der Waals surface area contributed by atoms with Crippen molar-refractivity contribution in [3.63, 3.8) is 0 Å². The van der Waals surface area contributed by atoms with E-state index < -0.39 is 52.4 Å². The monoisotopic (exact) mass is 1130 g/mol. The summed E-state index contributed by atoms with van der Waals surface area (Å²) in [6.45, 7) is 3.09. The number of nitrogens with one attached hydrogen (secondary N) is 2. The summed E-state index contributed by atoms with van der Waals surface area (Å²) >= 11 is 2.60. The molecule has 14 heteroatoms. The molecule has 8 aromatic carbocycles. The Bertz CT molecular complexity index is 3580. The van der Waals surface area contributed by atoms with E-state index in [9.17, 15) is 14.4 Å². The zero-order valence-corrected chi connectivity index (χ0v) is 47.0. The minimum atomic E-state index is -1.40. The van der Waals surface area contributed by atoms with Gasteiger partial charge in [0.15, 0.2) is 16.9 Å². The molecule has 412 valence electrons. The van der Waals surface area contributed by atoms with Crippen molar-refractivity contribution in [2.45, 2.75) is 42.5 Å². The number of benzene rings is 8. The van der Waals surface area contributed by atoms with Crippen LogP contribution in [0.25, 0.3) is 0 Å². The lowest BCUT2D eigenvalue weighted by atomic mass is 9.77. The fourth-order valence-electron chi connectivity index (χ4n) is 10.5. The van der Waals surface area contributed by atoms with Gasteiger partial charge in [-0.05, 0) is 41.7 Å². The van der Waals surface area contributed by atoms with Crippen molar-refractivity contribution in [1.82, 2.24) is 15.2 Å². The van der Waals surface area contributed by atoms with Crippen LogP contribution in [0.15, 0.2) is 276 Å². The van der Waals surface area contributed by atoms with Gasteiger partial charge >= 0.3 is 11.9 Å². The van der Waals surface area contributed by atoms with Crippen LogP contribution >= 0.6 is 23.1 Å². The molecule has 1 fully saturated rings. The van der Waals surface area contributed by atoms with Gasteiger partial charge in [-0.25, -0.2) is 14.6 Å². The molecule has 2 amide bonds. The number of hydrogen-bond donors (Lipinski definition) is 2. The number of allylic oxidation sites excluding steroid dienone is 1. The van der Waals surface area contributed by atoms with Crippen LogP contribution in [0.4, 0.5) is 5.13 Å². The maximum atomic E-state index is 15.5. The number of fused-ring (bicyclic) bond motifs is 1. The zero-order valence-electron chi connectivity index (χ0n) is 45.4. The summed E-state index contributed by atoms with van der Waals surface area (Å²) in [5, 5.41) is 13.1. The Morgan fingerprint density at radius 3 is 1.53 bits per heavy atom. The number of ether oxygens (including phenoxy) is 2. The van der Waals surface area contributed by atoms with E-state index in [1.165, 1.54) is 28.0 Å². The van der Waals surface area contributed by atoms with Gasteiger partial charge in [-0.3, -0.25) is 14.5 Å². The van der Waals surface area contributed by atoms with Crippen molar-refractivity contribution in [3.8, 4) is 0 Å². The lowest BCUT2D eigenvalue weighted by Crippen LogP contribution is -2.71. The molecule has 1 aromatic heterocycles. The first-order valence-corrected chi connectivity index (χ1v) is 29.0. The number of esters is 2. The second kappa shape index (κ2) is 25.0. The molecule has 2 aliphatic heterocycles. The molecule has 83 heavy (non-hydrogen) atoms. The topological polar surface area (TPSA) is 149 Å². The minimum Gasteiger partial charge on any atom is -0.458 e. The first-order valence-electron chi connectivity index (χ1n) is 27.1. The normalized spacial score (nSPS) is 15.4. The highest BCUT2D eigenvalue weighted by atomic mass is 32.2. The van der Waals surface area contributed by atoms with Crippen LogP contribution in [0, 0.1) is 0 Å². The van der Waals surface area contributed by atoms with Crippen LogP contribution in [0.2, 0.25) is 0 Å². The van der Waals surface area contributed by atoms with Gasteiger partial charge in [0, 0.05) is 39.0 Å². The van der Waals surface area contributed by atoms with Gasteiger partial charge in [0.05, 0.1) is 0 Å². The number of hydrogen-bond acceptors (Lipinski definition) is 12. The molecule has 3 heterocycles. The molecule has 2 atom stereocenters. The molecular weight excluding hydrogens is 1070 g/mol. The smallest absolute Gasteiger partial charge is 0.356 e. The van der Waals surface area contributed by atoms with E-state index in [1.54, 1.807) is 25.3 Å². The maximum Gasteiger partial charge on any atom is 0.356 e. The quantitative estimate of drug-likeness (QED) is 0.0189. The Kier molecular flexibility index (Phi) is 16.7. The number of thioether (sulfide) groups is 1. The molecule has 9 aromatic rings. The number of nitrogens with zero attached hydrogens (tertiary/aromatic N) is 3. The minimum absolute atomic E-state index is 0.0587. The average Bonchev–Trinajstić information content (AvgIpc) is 2.14. The van der Waals surface area contributed by atoms with E-state index in [0.29, 0.717) is 27.4 Å². The van der Waals surface area contributed by atoms with E-state index in [-0.39, 0.29) is 29.5 Å². The predicted octanol–water partition coefficient (Wildman–Crippen LogP) is 12.8. The number of carbonyl (C=O) groups is 4. The van der Waals surface area contributed by atoms with Gasteiger partial charge < -0.3 is 24.9 Å². The van der Waals surface area contributed by atoms with Gasteiger partial charge in [0.25, 0.3) is 11.8 Å². The molecule has 0 bridgehead atoms. The average molecular weight is 1130 g/mol. The van der Waals surface area contributed by atoms with E-state index >= 15 is 4.79 Å². The molecule has 0 aliphatic carbocycles. The first-order chi connectivity index (χ1) is 40.7. The van der Waals surface area contributed by atoms with Gasteiger partial charge in [-0.1, -0.05) is 254 Å². The Hall–Kier alpha value is -9.63. The van der Waals surface area contributed by atoms with E-state index in [2.05, 4.69) is 47.0 Å². The fraction of sp³-hybridized carbons (Fsp3) is 0.130. The summed E-state index contributed by atoms with van der Waals surface area (Å²) in [4.78, 5) is 71.9. The molecule has 0 unspecified atom stereocenters. The van der Waals surface area contributed by atoms with Crippen molar-refractivity contribution < 1.29 is 33.5 Å². The number of amides is 2.